The number of hydrogen-bond acceptors (Lipinski definition) is 4. The van der Waals surface area contributed by atoms with Crippen molar-refractivity contribution in [3.63, 3.8) is 0 Å². The molecule has 6 nitrogen and oxygen atoms in total. The first kappa shape index (κ1) is 12.2. The Balaban J connectivity index is 1.73. The smallest absolute Gasteiger partial charge is 0.408 e. The molecule has 2 heterocycles. The van der Waals surface area contributed by atoms with Crippen LogP contribution in [-0.4, -0.2) is 15.9 Å². The average Bonchev–Trinajstić information content (AvgIpc) is 2.85. The zero-order chi connectivity index (χ0) is 13.9. The average molecular weight is 269 g/mol. The standard InChI is InChI=1S/C14H11N3O3/c18-13(10-3-1-2-6-15-10)16-8-9-4-5-12-11(7-9)17-14(19)20-12/h1-7H,8H2,(H,16,18)(H,17,19). The first-order valence-corrected chi connectivity index (χ1v) is 6.03. The third kappa shape index (κ3) is 2.44. The lowest BCUT2D eigenvalue weighted by molar-refractivity contribution is 0.0946. The molecule has 3 aromatic rings. The Morgan fingerprint density at radius 3 is 3.00 bits per heavy atom. The maximum atomic E-state index is 11.8. The first-order chi connectivity index (χ1) is 9.72. The molecular formula is C14H11N3O3. The quantitative estimate of drug-likeness (QED) is 0.753. The number of amides is 1. The zero-order valence-corrected chi connectivity index (χ0v) is 10.4. The van der Waals surface area contributed by atoms with Gasteiger partial charge in [-0.05, 0) is 29.8 Å². The summed E-state index contributed by atoms with van der Waals surface area (Å²) in [5.74, 6) is -0.735. The van der Waals surface area contributed by atoms with Crippen LogP contribution in [0.5, 0.6) is 0 Å². The van der Waals surface area contributed by atoms with E-state index in [-0.39, 0.29) is 5.91 Å². The zero-order valence-electron chi connectivity index (χ0n) is 10.4. The molecule has 20 heavy (non-hydrogen) atoms. The van der Waals surface area contributed by atoms with Crippen LogP contribution in [0.3, 0.4) is 0 Å². The molecule has 0 aliphatic rings. The molecule has 0 atom stereocenters. The van der Waals surface area contributed by atoms with Crippen molar-refractivity contribution >= 4 is 17.0 Å². The highest BCUT2D eigenvalue weighted by Gasteiger charge is 2.07. The Morgan fingerprint density at radius 1 is 1.30 bits per heavy atom. The van der Waals surface area contributed by atoms with E-state index in [1.54, 1.807) is 42.6 Å². The van der Waals surface area contributed by atoms with Crippen molar-refractivity contribution in [3.8, 4) is 0 Å². The van der Waals surface area contributed by atoms with Gasteiger partial charge in [-0.2, -0.15) is 0 Å². The number of H-pyrrole nitrogens is 1. The maximum absolute atomic E-state index is 11.8. The molecule has 6 heteroatoms. The van der Waals surface area contributed by atoms with Crippen LogP contribution in [0.25, 0.3) is 11.1 Å². The number of oxazole rings is 1. The van der Waals surface area contributed by atoms with E-state index in [4.69, 9.17) is 4.42 Å². The minimum atomic E-state index is -0.491. The van der Waals surface area contributed by atoms with Gasteiger partial charge in [0.15, 0.2) is 5.58 Å². The van der Waals surface area contributed by atoms with Crippen molar-refractivity contribution in [2.75, 3.05) is 0 Å². The van der Waals surface area contributed by atoms with Gasteiger partial charge < -0.3 is 9.73 Å². The van der Waals surface area contributed by atoms with Crippen LogP contribution in [0.4, 0.5) is 0 Å². The van der Waals surface area contributed by atoms with E-state index in [1.807, 2.05) is 0 Å². The number of aromatic nitrogens is 2. The molecule has 100 valence electrons. The molecule has 1 aromatic carbocycles. The third-order valence-corrected chi connectivity index (χ3v) is 2.83. The van der Waals surface area contributed by atoms with Crippen molar-refractivity contribution in [2.45, 2.75) is 6.54 Å². The number of carbonyl (C=O) groups is 1. The lowest BCUT2D eigenvalue weighted by Gasteiger charge is -2.04. The highest BCUT2D eigenvalue weighted by atomic mass is 16.4. The van der Waals surface area contributed by atoms with Gasteiger partial charge in [0, 0.05) is 12.7 Å². The van der Waals surface area contributed by atoms with Crippen LogP contribution in [0.15, 0.2) is 51.8 Å². The van der Waals surface area contributed by atoms with Gasteiger partial charge in [0.05, 0.1) is 5.52 Å². The molecule has 2 N–H and O–H groups in total. The molecule has 0 fully saturated rings. The molecule has 1 amide bonds. The summed E-state index contributed by atoms with van der Waals surface area (Å²) in [5.41, 5.74) is 2.33. The van der Waals surface area contributed by atoms with E-state index in [9.17, 15) is 9.59 Å². The fourth-order valence-corrected chi connectivity index (χ4v) is 1.88. The first-order valence-electron chi connectivity index (χ1n) is 6.03. The SMILES string of the molecule is O=C(NCc1ccc2oc(=O)[nH]c2c1)c1ccccn1. The lowest BCUT2D eigenvalue weighted by Crippen LogP contribution is -2.23. The number of benzene rings is 1. The molecule has 3 rings (SSSR count). The normalized spacial score (nSPS) is 10.6. The molecular weight excluding hydrogens is 258 g/mol. The molecule has 0 aliphatic carbocycles. The van der Waals surface area contributed by atoms with E-state index in [1.165, 1.54) is 0 Å². The summed E-state index contributed by atoms with van der Waals surface area (Å²) < 4.78 is 4.91. The number of rotatable bonds is 3. The number of nitrogens with zero attached hydrogens (tertiary/aromatic N) is 1. The monoisotopic (exact) mass is 269 g/mol. The summed E-state index contributed by atoms with van der Waals surface area (Å²) in [6, 6.07) is 10.4. The van der Waals surface area contributed by atoms with Gasteiger partial charge in [0.1, 0.15) is 5.69 Å². The van der Waals surface area contributed by atoms with Gasteiger partial charge in [-0.15, -0.1) is 0 Å². The summed E-state index contributed by atoms with van der Waals surface area (Å²) >= 11 is 0. The predicted molar refractivity (Wildman–Crippen MR) is 72.2 cm³/mol. The van der Waals surface area contributed by atoms with Crippen LogP contribution in [0.2, 0.25) is 0 Å². The van der Waals surface area contributed by atoms with Gasteiger partial charge in [-0.25, -0.2) is 4.79 Å². The number of fused-ring (bicyclic) bond motifs is 1. The summed E-state index contributed by atoms with van der Waals surface area (Å²) in [5, 5.41) is 2.76. The molecule has 0 radical (unpaired) electrons. The van der Waals surface area contributed by atoms with Crippen LogP contribution >= 0.6 is 0 Å². The molecule has 0 spiro atoms. The summed E-state index contributed by atoms with van der Waals surface area (Å²) in [6.45, 7) is 0.346. The van der Waals surface area contributed by atoms with Crippen molar-refractivity contribution in [2.24, 2.45) is 0 Å². The number of nitrogens with one attached hydrogen (secondary N) is 2. The maximum Gasteiger partial charge on any atom is 0.417 e. The van der Waals surface area contributed by atoms with E-state index in [0.29, 0.717) is 23.3 Å². The molecule has 2 aromatic heterocycles. The second-order valence-electron chi connectivity index (χ2n) is 4.24. The van der Waals surface area contributed by atoms with E-state index in [0.717, 1.165) is 5.56 Å². The van der Waals surface area contributed by atoms with Crippen LogP contribution in [0, 0.1) is 0 Å². The molecule has 0 unspecified atom stereocenters. The predicted octanol–water partition coefficient (Wildman–Crippen LogP) is 1.45. The topological polar surface area (TPSA) is 88.0 Å². The molecule has 0 saturated heterocycles. The largest absolute Gasteiger partial charge is 0.417 e. The van der Waals surface area contributed by atoms with Crippen LogP contribution < -0.4 is 11.1 Å². The Kier molecular flexibility index (Phi) is 3.04. The van der Waals surface area contributed by atoms with Crippen molar-refractivity contribution in [1.82, 2.24) is 15.3 Å². The molecule has 0 bridgehead atoms. The second-order valence-corrected chi connectivity index (χ2v) is 4.24. The minimum absolute atomic E-state index is 0.244. The summed E-state index contributed by atoms with van der Waals surface area (Å²) in [7, 11) is 0. The Bertz CT molecular complexity index is 805. The fraction of sp³-hybridized carbons (Fsp3) is 0.0714. The van der Waals surface area contributed by atoms with Gasteiger partial charge in [0.25, 0.3) is 5.91 Å². The number of pyridine rings is 1. The van der Waals surface area contributed by atoms with Crippen molar-refractivity contribution in [1.29, 1.82) is 0 Å². The third-order valence-electron chi connectivity index (χ3n) is 2.83. The number of aromatic amines is 1. The molecule has 0 saturated carbocycles. The number of hydrogen-bond donors (Lipinski definition) is 2. The van der Waals surface area contributed by atoms with Gasteiger partial charge >= 0.3 is 5.76 Å². The molecule has 0 aliphatic heterocycles. The van der Waals surface area contributed by atoms with Gasteiger partial charge in [-0.3, -0.25) is 14.8 Å². The second kappa shape index (κ2) is 5.00. The van der Waals surface area contributed by atoms with Gasteiger partial charge in [-0.1, -0.05) is 12.1 Å². The van der Waals surface area contributed by atoms with Crippen LogP contribution in [0.1, 0.15) is 16.1 Å². The minimum Gasteiger partial charge on any atom is -0.408 e. The van der Waals surface area contributed by atoms with Gasteiger partial charge in [0.2, 0.25) is 0 Å². The summed E-state index contributed by atoms with van der Waals surface area (Å²) in [4.78, 5) is 29.4. The number of carbonyl (C=O) groups excluding carboxylic acids is 1. The fourth-order valence-electron chi connectivity index (χ4n) is 1.88. The Morgan fingerprint density at radius 2 is 2.20 bits per heavy atom. The van der Waals surface area contributed by atoms with E-state index in [2.05, 4.69) is 15.3 Å². The summed E-state index contributed by atoms with van der Waals surface area (Å²) in [6.07, 6.45) is 1.57. The Labute approximate surface area is 113 Å². The van der Waals surface area contributed by atoms with E-state index < -0.39 is 5.76 Å². The van der Waals surface area contributed by atoms with Crippen molar-refractivity contribution in [3.05, 3.63) is 64.4 Å². The highest BCUT2D eigenvalue weighted by Crippen LogP contribution is 2.12. The van der Waals surface area contributed by atoms with E-state index >= 15 is 0 Å². The lowest BCUT2D eigenvalue weighted by atomic mass is 10.2. The highest BCUT2D eigenvalue weighted by molar-refractivity contribution is 5.92. The van der Waals surface area contributed by atoms with Crippen molar-refractivity contribution < 1.29 is 9.21 Å². The van der Waals surface area contributed by atoms with Crippen LogP contribution in [-0.2, 0) is 6.54 Å². The Hall–Kier alpha value is -2.89.